The van der Waals surface area contributed by atoms with E-state index in [1.807, 2.05) is 35.2 Å². The molecule has 1 N–H and O–H groups in total. The molecule has 4 aromatic rings. The van der Waals surface area contributed by atoms with Gasteiger partial charge in [0.05, 0.1) is 22.2 Å². The van der Waals surface area contributed by atoms with Crippen LogP contribution in [0.3, 0.4) is 0 Å². The maximum Gasteiger partial charge on any atom is 0.280 e. The van der Waals surface area contributed by atoms with E-state index >= 15 is 0 Å². The van der Waals surface area contributed by atoms with E-state index < -0.39 is 4.92 Å². The standard InChI is InChI=1S/C26H22N4O3S/c1-16-10-11-18(15-17(16)2)29-25(24(28-26(29)34)20-8-5-6-14-27-20)23-13-12-22(33-23)19-7-3-4-9-21(19)30(31)32/h3-15,24-25H,1-2H3,(H,28,34)/t24-,25-/m0/s1. The number of anilines is 1. The first-order valence-electron chi connectivity index (χ1n) is 10.9. The summed E-state index contributed by atoms with van der Waals surface area (Å²) in [5.41, 5.74) is 4.53. The molecule has 1 aliphatic heterocycles. The Bertz CT molecular complexity index is 1390. The van der Waals surface area contributed by atoms with Crippen LogP contribution in [-0.4, -0.2) is 15.0 Å². The van der Waals surface area contributed by atoms with Crippen molar-refractivity contribution in [3.05, 3.63) is 112 Å². The van der Waals surface area contributed by atoms with Crippen LogP contribution in [0.4, 0.5) is 11.4 Å². The molecule has 0 amide bonds. The van der Waals surface area contributed by atoms with Gasteiger partial charge in [-0.15, -0.1) is 0 Å². The lowest BCUT2D eigenvalue weighted by atomic mass is 10.0. The lowest BCUT2D eigenvalue weighted by Gasteiger charge is -2.26. The van der Waals surface area contributed by atoms with Gasteiger partial charge >= 0.3 is 0 Å². The van der Waals surface area contributed by atoms with Gasteiger partial charge in [0.15, 0.2) is 5.11 Å². The van der Waals surface area contributed by atoms with Gasteiger partial charge in [0, 0.05) is 18.0 Å². The van der Waals surface area contributed by atoms with Crippen LogP contribution in [0.15, 0.2) is 83.4 Å². The fraction of sp³-hybridized carbons (Fsp3) is 0.154. The monoisotopic (exact) mass is 470 g/mol. The zero-order valence-corrected chi connectivity index (χ0v) is 19.5. The minimum Gasteiger partial charge on any atom is -0.459 e. The number of para-hydroxylation sites is 1. The predicted octanol–water partition coefficient (Wildman–Crippen LogP) is 6.04. The topological polar surface area (TPSA) is 84.4 Å². The number of benzene rings is 2. The third-order valence-corrected chi connectivity index (χ3v) is 6.47. The Labute approximate surface area is 202 Å². The van der Waals surface area contributed by atoms with Crippen molar-refractivity contribution in [1.82, 2.24) is 10.3 Å². The number of aromatic nitrogens is 1. The lowest BCUT2D eigenvalue weighted by molar-refractivity contribution is -0.384. The van der Waals surface area contributed by atoms with Crippen LogP contribution in [0.25, 0.3) is 11.3 Å². The van der Waals surface area contributed by atoms with Crippen LogP contribution in [-0.2, 0) is 0 Å². The molecule has 2 aromatic carbocycles. The van der Waals surface area contributed by atoms with Crippen LogP contribution in [0.1, 0.15) is 34.7 Å². The van der Waals surface area contributed by atoms with Crippen LogP contribution in [0.5, 0.6) is 0 Å². The second-order valence-corrected chi connectivity index (χ2v) is 8.63. The number of hydrogen-bond acceptors (Lipinski definition) is 5. The second-order valence-electron chi connectivity index (χ2n) is 8.24. The van der Waals surface area contributed by atoms with Crippen molar-refractivity contribution in [2.75, 3.05) is 4.90 Å². The molecule has 0 bridgehead atoms. The van der Waals surface area contributed by atoms with Crippen molar-refractivity contribution in [2.24, 2.45) is 0 Å². The summed E-state index contributed by atoms with van der Waals surface area (Å²) in [7, 11) is 0. The third kappa shape index (κ3) is 3.82. The largest absolute Gasteiger partial charge is 0.459 e. The maximum absolute atomic E-state index is 11.6. The molecule has 170 valence electrons. The van der Waals surface area contributed by atoms with Crippen LogP contribution < -0.4 is 10.2 Å². The van der Waals surface area contributed by atoms with E-state index in [1.165, 1.54) is 11.6 Å². The zero-order chi connectivity index (χ0) is 23.8. The van der Waals surface area contributed by atoms with Gasteiger partial charge in [0.1, 0.15) is 17.6 Å². The molecule has 7 nitrogen and oxygen atoms in total. The lowest BCUT2D eigenvalue weighted by Crippen LogP contribution is -2.29. The van der Waals surface area contributed by atoms with Crippen LogP contribution >= 0.6 is 12.2 Å². The molecule has 0 unspecified atom stereocenters. The van der Waals surface area contributed by atoms with E-state index in [1.54, 1.807) is 30.5 Å². The number of nitro groups is 1. The highest BCUT2D eigenvalue weighted by Crippen LogP contribution is 2.43. The Hall–Kier alpha value is -4.04. The summed E-state index contributed by atoms with van der Waals surface area (Å²) in [6.07, 6.45) is 1.75. The molecular weight excluding hydrogens is 448 g/mol. The molecule has 1 fully saturated rings. The second kappa shape index (κ2) is 8.72. The fourth-order valence-electron chi connectivity index (χ4n) is 4.30. The van der Waals surface area contributed by atoms with Gasteiger partial charge in [-0.05, 0) is 79.7 Å². The average molecular weight is 471 g/mol. The Morgan fingerprint density at radius 1 is 1.03 bits per heavy atom. The van der Waals surface area contributed by atoms with Crippen LogP contribution in [0.2, 0.25) is 0 Å². The Balaban J connectivity index is 1.63. The highest BCUT2D eigenvalue weighted by molar-refractivity contribution is 7.80. The van der Waals surface area contributed by atoms with E-state index in [9.17, 15) is 10.1 Å². The van der Waals surface area contributed by atoms with E-state index in [-0.39, 0.29) is 17.8 Å². The molecule has 0 saturated carbocycles. The van der Waals surface area contributed by atoms with Gasteiger partial charge in [0.25, 0.3) is 5.69 Å². The number of aryl methyl sites for hydroxylation is 2. The summed E-state index contributed by atoms with van der Waals surface area (Å²) < 4.78 is 6.28. The molecule has 1 saturated heterocycles. The number of nitro benzene ring substituents is 1. The summed E-state index contributed by atoms with van der Waals surface area (Å²) in [4.78, 5) is 17.7. The molecule has 0 aliphatic carbocycles. The van der Waals surface area contributed by atoms with Crippen molar-refractivity contribution in [3.63, 3.8) is 0 Å². The Kier molecular flexibility index (Phi) is 5.59. The minimum atomic E-state index is -0.401. The fourth-order valence-corrected chi connectivity index (χ4v) is 4.64. The molecule has 3 heterocycles. The first-order valence-corrected chi connectivity index (χ1v) is 11.3. The summed E-state index contributed by atoms with van der Waals surface area (Å²) in [6, 6.07) is 21.6. The van der Waals surface area contributed by atoms with Crippen molar-refractivity contribution in [2.45, 2.75) is 25.9 Å². The van der Waals surface area contributed by atoms with Crippen LogP contribution in [0, 0.1) is 24.0 Å². The molecule has 8 heteroatoms. The van der Waals surface area contributed by atoms with E-state index in [0.29, 0.717) is 22.2 Å². The quantitative estimate of drug-likeness (QED) is 0.216. The van der Waals surface area contributed by atoms with E-state index in [4.69, 9.17) is 16.6 Å². The third-order valence-electron chi connectivity index (χ3n) is 6.15. The first-order chi connectivity index (χ1) is 16.4. The summed E-state index contributed by atoms with van der Waals surface area (Å²) in [5.74, 6) is 1.06. The molecule has 34 heavy (non-hydrogen) atoms. The van der Waals surface area contributed by atoms with Gasteiger partial charge in [-0.2, -0.15) is 0 Å². The highest BCUT2D eigenvalue weighted by atomic mass is 32.1. The molecule has 5 rings (SSSR count). The van der Waals surface area contributed by atoms with Gasteiger partial charge in [-0.25, -0.2) is 0 Å². The van der Waals surface area contributed by atoms with Gasteiger partial charge in [-0.3, -0.25) is 15.1 Å². The number of nitrogens with zero attached hydrogens (tertiary/aromatic N) is 3. The van der Waals surface area contributed by atoms with Crippen molar-refractivity contribution in [1.29, 1.82) is 0 Å². The number of rotatable bonds is 5. The highest BCUT2D eigenvalue weighted by Gasteiger charge is 2.42. The molecular formula is C26H22N4O3S. The molecule has 1 aliphatic rings. The molecule has 0 spiro atoms. The van der Waals surface area contributed by atoms with E-state index in [2.05, 4.69) is 36.3 Å². The van der Waals surface area contributed by atoms with Gasteiger partial charge < -0.3 is 14.6 Å². The van der Waals surface area contributed by atoms with E-state index in [0.717, 1.165) is 16.9 Å². The molecule has 2 aromatic heterocycles. The number of hydrogen-bond donors (Lipinski definition) is 1. The number of pyridine rings is 1. The average Bonchev–Trinajstić information content (AvgIpc) is 3.46. The van der Waals surface area contributed by atoms with Crippen molar-refractivity contribution < 1.29 is 9.34 Å². The minimum absolute atomic E-state index is 0.00393. The summed E-state index contributed by atoms with van der Waals surface area (Å²) in [6.45, 7) is 4.13. The molecule has 0 radical (unpaired) electrons. The predicted molar refractivity (Wildman–Crippen MR) is 135 cm³/mol. The number of thiocarbonyl (C=S) groups is 1. The number of furan rings is 1. The number of nitrogens with one attached hydrogen (secondary N) is 1. The SMILES string of the molecule is Cc1ccc(N2C(=S)N[C@@H](c3ccccn3)[C@@H]2c2ccc(-c3ccccc3[N+](=O)[O-])o2)cc1C. The smallest absolute Gasteiger partial charge is 0.280 e. The Morgan fingerprint density at radius 2 is 1.82 bits per heavy atom. The van der Waals surface area contributed by atoms with Gasteiger partial charge in [-0.1, -0.05) is 24.3 Å². The zero-order valence-electron chi connectivity index (χ0n) is 18.6. The Morgan fingerprint density at radius 3 is 2.56 bits per heavy atom. The first kappa shape index (κ1) is 21.8. The van der Waals surface area contributed by atoms with Crippen molar-refractivity contribution >= 4 is 28.7 Å². The normalized spacial score (nSPS) is 17.6. The summed E-state index contributed by atoms with van der Waals surface area (Å²) in [5, 5.41) is 15.5. The maximum atomic E-state index is 11.6. The van der Waals surface area contributed by atoms with Gasteiger partial charge in [0.2, 0.25) is 0 Å². The van der Waals surface area contributed by atoms with Crippen molar-refractivity contribution in [3.8, 4) is 11.3 Å². The molecule has 2 atom stereocenters. The summed E-state index contributed by atoms with van der Waals surface area (Å²) >= 11 is 5.76.